The molecular weight excluding hydrogens is 236 g/mol. The number of hydrogen-bond donors (Lipinski definition) is 2. The van der Waals surface area contributed by atoms with Crippen molar-refractivity contribution < 1.29 is 4.79 Å². The lowest BCUT2D eigenvalue weighted by Gasteiger charge is -2.18. The molecule has 0 aromatic heterocycles. The molecular formula is C13H15ClN2O. The number of halogens is 1. The second-order valence-corrected chi connectivity index (χ2v) is 5.38. The summed E-state index contributed by atoms with van der Waals surface area (Å²) in [6, 6.07) is 5.66. The number of nitrogens with one attached hydrogen (secondary N) is 2. The Morgan fingerprint density at radius 1 is 1.47 bits per heavy atom. The number of carbonyl (C=O) groups excluding carboxylic acids is 1. The first kappa shape index (κ1) is 11.1. The van der Waals surface area contributed by atoms with Crippen LogP contribution in [0.25, 0.3) is 0 Å². The molecule has 2 N–H and O–H groups in total. The second kappa shape index (κ2) is 4.00. The number of carbonyl (C=O) groups is 1. The Balaban J connectivity index is 1.84. The maximum absolute atomic E-state index is 11.9. The Morgan fingerprint density at radius 3 is 2.94 bits per heavy atom. The van der Waals surface area contributed by atoms with E-state index in [4.69, 9.17) is 11.6 Å². The van der Waals surface area contributed by atoms with Gasteiger partial charge in [0.25, 0.3) is 0 Å². The van der Waals surface area contributed by atoms with Gasteiger partial charge in [-0.25, -0.2) is 0 Å². The van der Waals surface area contributed by atoms with E-state index in [-0.39, 0.29) is 11.9 Å². The molecule has 1 aromatic rings. The first-order chi connectivity index (χ1) is 8.15. The molecule has 0 radical (unpaired) electrons. The Morgan fingerprint density at radius 2 is 2.24 bits per heavy atom. The molecule has 3 rings (SSSR count). The zero-order valence-corrected chi connectivity index (χ0v) is 10.4. The topological polar surface area (TPSA) is 41.1 Å². The predicted molar refractivity (Wildman–Crippen MR) is 68.1 cm³/mol. The summed E-state index contributed by atoms with van der Waals surface area (Å²) in [4.78, 5) is 11.9. The van der Waals surface area contributed by atoms with E-state index in [1.807, 2.05) is 12.1 Å². The van der Waals surface area contributed by atoms with Crippen molar-refractivity contribution >= 4 is 23.2 Å². The van der Waals surface area contributed by atoms with Gasteiger partial charge in [0.1, 0.15) is 6.04 Å². The van der Waals surface area contributed by atoms with Crippen LogP contribution in [0.5, 0.6) is 0 Å². The molecule has 1 aliphatic heterocycles. The van der Waals surface area contributed by atoms with Crippen molar-refractivity contribution in [1.82, 2.24) is 5.32 Å². The summed E-state index contributed by atoms with van der Waals surface area (Å²) in [5.41, 5.74) is 1.84. The SMILES string of the molecule is CC(NC1C(=O)Nc2ccc(Cl)cc21)C1CC1. The lowest BCUT2D eigenvalue weighted by Crippen LogP contribution is -2.35. The van der Waals surface area contributed by atoms with Gasteiger partial charge in [0.05, 0.1) is 0 Å². The molecule has 1 saturated carbocycles. The molecule has 1 aliphatic carbocycles. The van der Waals surface area contributed by atoms with Crippen LogP contribution in [0.3, 0.4) is 0 Å². The van der Waals surface area contributed by atoms with Gasteiger partial charge in [0.2, 0.25) is 5.91 Å². The highest BCUT2D eigenvalue weighted by atomic mass is 35.5. The number of benzene rings is 1. The third-order valence-electron chi connectivity index (χ3n) is 3.60. The average molecular weight is 251 g/mol. The minimum absolute atomic E-state index is 0.0229. The Labute approximate surface area is 106 Å². The Kier molecular flexibility index (Phi) is 2.60. The molecule has 1 heterocycles. The van der Waals surface area contributed by atoms with Crippen LogP contribution in [0.2, 0.25) is 5.02 Å². The maximum Gasteiger partial charge on any atom is 0.246 e. The normalized spacial score (nSPS) is 24.4. The van der Waals surface area contributed by atoms with Crippen LogP contribution in [-0.4, -0.2) is 11.9 Å². The van der Waals surface area contributed by atoms with E-state index < -0.39 is 0 Å². The molecule has 0 saturated heterocycles. The van der Waals surface area contributed by atoms with Gasteiger partial charge < -0.3 is 5.32 Å². The fourth-order valence-electron chi connectivity index (χ4n) is 2.39. The van der Waals surface area contributed by atoms with Crippen molar-refractivity contribution in [2.24, 2.45) is 5.92 Å². The van der Waals surface area contributed by atoms with Crippen LogP contribution in [0.1, 0.15) is 31.4 Å². The van der Waals surface area contributed by atoms with E-state index in [0.717, 1.165) is 17.2 Å². The Bertz CT molecular complexity index is 470. The van der Waals surface area contributed by atoms with Crippen LogP contribution >= 0.6 is 11.6 Å². The van der Waals surface area contributed by atoms with Crippen molar-refractivity contribution in [3.8, 4) is 0 Å². The molecule has 1 amide bonds. The molecule has 90 valence electrons. The summed E-state index contributed by atoms with van der Waals surface area (Å²) in [6.45, 7) is 2.15. The molecule has 2 atom stereocenters. The molecule has 2 aliphatic rings. The quantitative estimate of drug-likeness (QED) is 0.866. The monoisotopic (exact) mass is 250 g/mol. The van der Waals surface area contributed by atoms with E-state index in [1.165, 1.54) is 12.8 Å². The average Bonchev–Trinajstić information content (AvgIpc) is 3.08. The molecule has 0 spiro atoms. The summed E-state index contributed by atoms with van der Waals surface area (Å²) in [6.07, 6.45) is 2.54. The van der Waals surface area contributed by atoms with Crippen LogP contribution in [0, 0.1) is 5.92 Å². The third kappa shape index (κ3) is 2.05. The van der Waals surface area contributed by atoms with E-state index >= 15 is 0 Å². The van der Waals surface area contributed by atoms with E-state index in [2.05, 4.69) is 17.6 Å². The summed E-state index contributed by atoms with van der Waals surface area (Å²) >= 11 is 5.98. The molecule has 1 aromatic carbocycles. The standard InChI is InChI=1S/C13H15ClN2O/c1-7(8-2-3-8)15-12-10-6-9(14)4-5-11(10)16-13(12)17/h4-8,12,15H,2-3H2,1H3,(H,16,17). The van der Waals surface area contributed by atoms with Gasteiger partial charge in [-0.15, -0.1) is 0 Å². The maximum atomic E-state index is 11.9. The predicted octanol–water partition coefficient (Wildman–Crippen LogP) is 2.72. The number of anilines is 1. The minimum Gasteiger partial charge on any atom is -0.324 e. The minimum atomic E-state index is -0.251. The van der Waals surface area contributed by atoms with Crippen molar-refractivity contribution in [2.45, 2.75) is 31.8 Å². The summed E-state index contributed by atoms with van der Waals surface area (Å²) in [5, 5.41) is 6.95. The van der Waals surface area contributed by atoms with Crippen molar-refractivity contribution in [3.05, 3.63) is 28.8 Å². The van der Waals surface area contributed by atoms with Gasteiger partial charge in [-0.2, -0.15) is 0 Å². The van der Waals surface area contributed by atoms with Gasteiger partial charge >= 0.3 is 0 Å². The Hall–Kier alpha value is -1.06. The molecule has 4 heteroatoms. The lowest BCUT2D eigenvalue weighted by atomic mass is 10.1. The van der Waals surface area contributed by atoms with Gasteiger partial charge in [-0.3, -0.25) is 10.1 Å². The zero-order chi connectivity index (χ0) is 12.0. The molecule has 0 bridgehead atoms. The van der Waals surface area contributed by atoms with Crippen molar-refractivity contribution in [3.63, 3.8) is 0 Å². The smallest absolute Gasteiger partial charge is 0.246 e. The number of hydrogen-bond acceptors (Lipinski definition) is 2. The van der Waals surface area contributed by atoms with Gasteiger partial charge in [-0.05, 0) is 43.9 Å². The lowest BCUT2D eigenvalue weighted by molar-refractivity contribution is -0.117. The molecule has 3 nitrogen and oxygen atoms in total. The van der Waals surface area contributed by atoms with Crippen LogP contribution in [0.4, 0.5) is 5.69 Å². The first-order valence-electron chi connectivity index (χ1n) is 6.01. The van der Waals surface area contributed by atoms with E-state index in [9.17, 15) is 4.79 Å². The summed E-state index contributed by atoms with van der Waals surface area (Å²) in [7, 11) is 0. The largest absolute Gasteiger partial charge is 0.324 e. The highest BCUT2D eigenvalue weighted by molar-refractivity contribution is 6.31. The molecule has 1 fully saturated rings. The zero-order valence-electron chi connectivity index (χ0n) is 9.66. The van der Waals surface area contributed by atoms with E-state index in [0.29, 0.717) is 11.1 Å². The van der Waals surface area contributed by atoms with Crippen LogP contribution in [-0.2, 0) is 4.79 Å². The number of fused-ring (bicyclic) bond motifs is 1. The van der Waals surface area contributed by atoms with Gasteiger partial charge in [-0.1, -0.05) is 11.6 Å². The van der Waals surface area contributed by atoms with Crippen LogP contribution in [0.15, 0.2) is 18.2 Å². The van der Waals surface area contributed by atoms with Crippen molar-refractivity contribution in [1.29, 1.82) is 0 Å². The fourth-order valence-corrected chi connectivity index (χ4v) is 2.57. The molecule has 17 heavy (non-hydrogen) atoms. The fraction of sp³-hybridized carbons (Fsp3) is 0.462. The summed E-state index contributed by atoms with van der Waals surface area (Å²) < 4.78 is 0. The van der Waals surface area contributed by atoms with E-state index in [1.54, 1.807) is 6.07 Å². The first-order valence-corrected chi connectivity index (χ1v) is 6.39. The second-order valence-electron chi connectivity index (χ2n) is 4.95. The third-order valence-corrected chi connectivity index (χ3v) is 3.84. The van der Waals surface area contributed by atoms with Crippen LogP contribution < -0.4 is 10.6 Å². The summed E-state index contributed by atoms with van der Waals surface area (Å²) in [5.74, 6) is 0.751. The highest BCUT2D eigenvalue weighted by Crippen LogP contribution is 2.37. The van der Waals surface area contributed by atoms with Gasteiger partial charge in [0.15, 0.2) is 0 Å². The molecule has 2 unspecified atom stereocenters. The highest BCUT2D eigenvalue weighted by Gasteiger charge is 2.35. The number of rotatable bonds is 3. The van der Waals surface area contributed by atoms with Gasteiger partial charge in [0, 0.05) is 22.3 Å². The van der Waals surface area contributed by atoms with Crippen molar-refractivity contribution in [2.75, 3.05) is 5.32 Å². The number of amides is 1.